The molecule has 2 aromatic carbocycles. The third-order valence-electron chi connectivity index (χ3n) is 3.97. The van der Waals surface area contributed by atoms with Crippen LogP contribution in [-0.2, 0) is 16.4 Å². The SMILES string of the molecule is CCC(C)c1ccc(S(=O)(=O)NCCc2cccc(Cl)c2)cc1. The van der Waals surface area contributed by atoms with Crippen LogP contribution in [0.1, 0.15) is 37.3 Å². The van der Waals surface area contributed by atoms with E-state index >= 15 is 0 Å². The largest absolute Gasteiger partial charge is 0.240 e. The number of nitrogens with one attached hydrogen (secondary N) is 1. The Hall–Kier alpha value is -1.36. The van der Waals surface area contributed by atoms with Gasteiger partial charge in [-0.05, 0) is 54.2 Å². The monoisotopic (exact) mass is 351 g/mol. The van der Waals surface area contributed by atoms with Crippen molar-refractivity contribution in [2.45, 2.75) is 37.5 Å². The van der Waals surface area contributed by atoms with Gasteiger partial charge >= 0.3 is 0 Å². The van der Waals surface area contributed by atoms with E-state index in [4.69, 9.17) is 11.6 Å². The fourth-order valence-electron chi connectivity index (χ4n) is 2.32. The minimum Gasteiger partial charge on any atom is -0.211 e. The summed E-state index contributed by atoms with van der Waals surface area (Å²) in [5.41, 5.74) is 2.16. The molecular weight excluding hydrogens is 330 g/mol. The van der Waals surface area contributed by atoms with E-state index < -0.39 is 10.0 Å². The molecule has 1 atom stereocenters. The number of rotatable bonds is 7. The fraction of sp³-hybridized carbons (Fsp3) is 0.333. The Morgan fingerprint density at radius 3 is 2.43 bits per heavy atom. The molecule has 0 aliphatic rings. The third kappa shape index (κ3) is 5.06. The molecule has 1 unspecified atom stereocenters. The Bertz CT molecular complexity index is 742. The molecule has 5 heteroatoms. The Morgan fingerprint density at radius 2 is 1.83 bits per heavy atom. The fourth-order valence-corrected chi connectivity index (χ4v) is 3.56. The van der Waals surface area contributed by atoms with Crippen LogP contribution in [0.4, 0.5) is 0 Å². The van der Waals surface area contributed by atoms with E-state index in [1.54, 1.807) is 18.2 Å². The predicted octanol–water partition coefficient (Wildman–Crippen LogP) is 4.37. The van der Waals surface area contributed by atoms with E-state index in [1.807, 2.05) is 30.3 Å². The first-order chi connectivity index (χ1) is 10.9. The first-order valence-electron chi connectivity index (χ1n) is 7.76. The summed E-state index contributed by atoms with van der Waals surface area (Å²) in [6.45, 7) is 4.59. The lowest BCUT2D eigenvalue weighted by atomic mass is 9.99. The number of sulfonamides is 1. The van der Waals surface area contributed by atoms with Gasteiger partial charge in [-0.15, -0.1) is 0 Å². The molecule has 0 aromatic heterocycles. The molecule has 0 bridgehead atoms. The highest BCUT2D eigenvalue weighted by Crippen LogP contribution is 2.20. The second-order valence-electron chi connectivity index (χ2n) is 5.66. The Kier molecular flexibility index (Phi) is 6.22. The van der Waals surface area contributed by atoms with Crippen LogP contribution in [0.15, 0.2) is 53.4 Å². The van der Waals surface area contributed by atoms with E-state index in [0.717, 1.165) is 17.5 Å². The van der Waals surface area contributed by atoms with Crippen molar-refractivity contribution >= 4 is 21.6 Å². The average molecular weight is 352 g/mol. The summed E-state index contributed by atoms with van der Waals surface area (Å²) < 4.78 is 27.2. The molecule has 0 saturated heterocycles. The molecule has 0 aliphatic carbocycles. The van der Waals surface area contributed by atoms with E-state index in [-0.39, 0.29) is 0 Å². The van der Waals surface area contributed by atoms with Gasteiger partial charge in [-0.25, -0.2) is 13.1 Å². The van der Waals surface area contributed by atoms with Gasteiger partial charge in [0.25, 0.3) is 0 Å². The maximum Gasteiger partial charge on any atom is 0.240 e. The molecule has 124 valence electrons. The summed E-state index contributed by atoms with van der Waals surface area (Å²) in [6, 6.07) is 14.6. The molecule has 0 spiro atoms. The van der Waals surface area contributed by atoms with E-state index in [0.29, 0.717) is 28.8 Å². The highest BCUT2D eigenvalue weighted by atomic mass is 35.5. The molecule has 23 heavy (non-hydrogen) atoms. The highest BCUT2D eigenvalue weighted by Gasteiger charge is 2.14. The molecule has 2 aromatic rings. The van der Waals surface area contributed by atoms with Crippen molar-refractivity contribution in [3.05, 3.63) is 64.7 Å². The van der Waals surface area contributed by atoms with Crippen molar-refractivity contribution < 1.29 is 8.42 Å². The average Bonchev–Trinajstić information content (AvgIpc) is 2.54. The minimum atomic E-state index is -3.47. The number of halogens is 1. The van der Waals surface area contributed by atoms with E-state index in [9.17, 15) is 8.42 Å². The molecule has 0 aliphatic heterocycles. The van der Waals surface area contributed by atoms with Crippen molar-refractivity contribution in [2.24, 2.45) is 0 Å². The van der Waals surface area contributed by atoms with Crippen LogP contribution in [0, 0.1) is 0 Å². The van der Waals surface area contributed by atoms with Gasteiger partial charge in [-0.1, -0.05) is 49.7 Å². The van der Waals surface area contributed by atoms with Gasteiger partial charge in [0.15, 0.2) is 0 Å². The summed E-state index contributed by atoms with van der Waals surface area (Å²) in [7, 11) is -3.47. The van der Waals surface area contributed by atoms with Crippen molar-refractivity contribution in [3.8, 4) is 0 Å². The van der Waals surface area contributed by atoms with Crippen LogP contribution in [0.3, 0.4) is 0 Å². The summed E-state index contributed by atoms with van der Waals surface area (Å²) in [5.74, 6) is 0.433. The van der Waals surface area contributed by atoms with Gasteiger partial charge in [0, 0.05) is 11.6 Å². The predicted molar refractivity (Wildman–Crippen MR) is 95.5 cm³/mol. The summed E-state index contributed by atoms with van der Waals surface area (Å²) in [5, 5.41) is 0.658. The number of benzene rings is 2. The molecule has 0 heterocycles. The Labute approximate surface area is 143 Å². The summed E-state index contributed by atoms with van der Waals surface area (Å²) in [4.78, 5) is 0.302. The lowest BCUT2D eigenvalue weighted by Gasteiger charge is -2.11. The molecule has 3 nitrogen and oxygen atoms in total. The molecule has 1 N–H and O–H groups in total. The van der Waals surface area contributed by atoms with Crippen molar-refractivity contribution in [3.63, 3.8) is 0 Å². The van der Waals surface area contributed by atoms with Crippen molar-refractivity contribution in [1.29, 1.82) is 0 Å². The maximum atomic E-state index is 12.3. The second kappa shape index (κ2) is 7.95. The first-order valence-corrected chi connectivity index (χ1v) is 9.62. The van der Waals surface area contributed by atoms with Crippen molar-refractivity contribution in [1.82, 2.24) is 4.72 Å². The smallest absolute Gasteiger partial charge is 0.211 e. The van der Waals surface area contributed by atoms with E-state index in [2.05, 4.69) is 18.6 Å². The van der Waals surface area contributed by atoms with Crippen LogP contribution >= 0.6 is 11.6 Å². The Balaban J connectivity index is 1.98. The quantitative estimate of drug-likeness (QED) is 0.804. The molecular formula is C18H22ClNO2S. The Morgan fingerprint density at radius 1 is 1.13 bits per heavy atom. The molecule has 0 saturated carbocycles. The second-order valence-corrected chi connectivity index (χ2v) is 7.86. The number of hydrogen-bond donors (Lipinski definition) is 1. The van der Waals surface area contributed by atoms with Crippen LogP contribution in [0.2, 0.25) is 5.02 Å². The maximum absolute atomic E-state index is 12.3. The van der Waals surface area contributed by atoms with Gasteiger partial charge in [-0.2, -0.15) is 0 Å². The highest BCUT2D eigenvalue weighted by molar-refractivity contribution is 7.89. The summed E-state index contributed by atoms with van der Waals surface area (Å²) >= 11 is 5.92. The van der Waals surface area contributed by atoms with E-state index in [1.165, 1.54) is 0 Å². The standard InChI is InChI=1S/C18H22ClNO2S/c1-3-14(2)16-7-9-18(10-8-16)23(21,22)20-12-11-15-5-4-6-17(19)13-15/h4-10,13-14,20H,3,11-12H2,1-2H3. The normalized spacial score (nSPS) is 13.0. The minimum absolute atomic E-state index is 0.302. The molecule has 0 radical (unpaired) electrons. The number of hydrogen-bond acceptors (Lipinski definition) is 2. The lowest BCUT2D eigenvalue weighted by molar-refractivity contribution is 0.581. The zero-order valence-electron chi connectivity index (χ0n) is 13.4. The summed E-state index contributed by atoms with van der Waals surface area (Å²) in [6.07, 6.45) is 1.63. The zero-order valence-corrected chi connectivity index (χ0v) is 15.0. The molecule has 2 rings (SSSR count). The van der Waals surface area contributed by atoms with Crippen LogP contribution < -0.4 is 4.72 Å². The van der Waals surface area contributed by atoms with Crippen LogP contribution in [0.25, 0.3) is 0 Å². The van der Waals surface area contributed by atoms with Gasteiger partial charge in [-0.3, -0.25) is 0 Å². The lowest BCUT2D eigenvalue weighted by Crippen LogP contribution is -2.26. The van der Waals surface area contributed by atoms with Crippen LogP contribution in [-0.4, -0.2) is 15.0 Å². The topological polar surface area (TPSA) is 46.2 Å². The van der Waals surface area contributed by atoms with Crippen LogP contribution in [0.5, 0.6) is 0 Å². The van der Waals surface area contributed by atoms with Gasteiger partial charge < -0.3 is 0 Å². The van der Waals surface area contributed by atoms with Gasteiger partial charge in [0.2, 0.25) is 10.0 Å². The molecule has 0 fully saturated rings. The third-order valence-corrected chi connectivity index (χ3v) is 5.68. The van der Waals surface area contributed by atoms with Gasteiger partial charge in [0.05, 0.1) is 4.90 Å². The first kappa shape index (κ1) is 18.0. The zero-order chi connectivity index (χ0) is 16.9. The van der Waals surface area contributed by atoms with Crippen molar-refractivity contribution in [2.75, 3.05) is 6.54 Å². The van der Waals surface area contributed by atoms with Gasteiger partial charge in [0.1, 0.15) is 0 Å². The molecule has 0 amide bonds.